The third-order valence-electron chi connectivity index (χ3n) is 3.00. The van der Waals surface area contributed by atoms with Gasteiger partial charge in [-0.1, -0.05) is 28.1 Å². The van der Waals surface area contributed by atoms with Gasteiger partial charge >= 0.3 is 5.97 Å². The third-order valence-corrected chi connectivity index (χ3v) is 3.68. The predicted octanol–water partition coefficient (Wildman–Crippen LogP) is 4.27. The maximum Gasteiger partial charge on any atom is 0.328 e. The smallest absolute Gasteiger partial charge is 0.328 e. The van der Waals surface area contributed by atoms with E-state index in [0.29, 0.717) is 21.5 Å². The normalized spacial score (nSPS) is 10.7. The average Bonchev–Trinajstić information content (AvgIpc) is 2.53. The second-order valence-corrected chi connectivity index (χ2v) is 5.47. The minimum atomic E-state index is -1.03. The molecule has 0 heterocycles. The maximum atomic E-state index is 12.9. The van der Waals surface area contributed by atoms with Crippen LogP contribution in [0.25, 0.3) is 6.08 Å². The van der Waals surface area contributed by atoms with Crippen molar-refractivity contribution in [3.8, 4) is 11.5 Å². The van der Waals surface area contributed by atoms with Gasteiger partial charge in [-0.2, -0.15) is 0 Å². The van der Waals surface area contributed by atoms with Gasteiger partial charge in [-0.15, -0.1) is 0 Å². The number of carboxylic acids is 1. The minimum Gasteiger partial charge on any atom is -0.493 e. The lowest BCUT2D eigenvalue weighted by Gasteiger charge is -2.13. The van der Waals surface area contributed by atoms with Crippen LogP contribution in [0.5, 0.6) is 11.5 Å². The molecular weight excluding hydrogens is 367 g/mol. The molecule has 120 valence electrons. The van der Waals surface area contributed by atoms with Crippen LogP contribution in [0.3, 0.4) is 0 Å². The summed E-state index contributed by atoms with van der Waals surface area (Å²) in [5.41, 5.74) is 1.47. The van der Waals surface area contributed by atoms with Crippen LogP contribution in [-0.2, 0) is 11.4 Å². The third kappa shape index (κ3) is 4.82. The highest BCUT2D eigenvalue weighted by Crippen LogP contribution is 2.34. The number of rotatable bonds is 6. The first-order valence-corrected chi connectivity index (χ1v) is 7.44. The summed E-state index contributed by atoms with van der Waals surface area (Å²) < 4.78 is 24.5. The molecule has 0 aliphatic heterocycles. The van der Waals surface area contributed by atoms with Crippen LogP contribution in [0, 0.1) is 5.82 Å². The van der Waals surface area contributed by atoms with Gasteiger partial charge in [0, 0.05) is 10.5 Å². The van der Waals surface area contributed by atoms with Crippen LogP contribution in [0.2, 0.25) is 0 Å². The van der Waals surface area contributed by atoms with Gasteiger partial charge in [-0.25, -0.2) is 9.18 Å². The zero-order chi connectivity index (χ0) is 16.8. The van der Waals surface area contributed by atoms with Gasteiger partial charge < -0.3 is 14.6 Å². The Hall–Kier alpha value is -2.34. The Morgan fingerprint density at radius 3 is 2.57 bits per heavy atom. The molecule has 0 aromatic heterocycles. The van der Waals surface area contributed by atoms with E-state index in [1.54, 1.807) is 24.3 Å². The molecule has 2 rings (SSSR count). The fraction of sp³-hybridized carbons (Fsp3) is 0.118. The number of methoxy groups -OCH3 is 1. The fourth-order valence-electron chi connectivity index (χ4n) is 1.85. The Morgan fingerprint density at radius 2 is 1.96 bits per heavy atom. The zero-order valence-electron chi connectivity index (χ0n) is 12.3. The highest BCUT2D eigenvalue weighted by atomic mass is 79.9. The van der Waals surface area contributed by atoms with Crippen molar-refractivity contribution < 1.29 is 23.8 Å². The van der Waals surface area contributed by atoms with Crippen LogP contribution >= 0.6 is 15.9 Å². The molecule has 0 bridgehead atoms. The Bertz CT molecular complexity index is 726. The van der Waals surface area contributed by atoms with Gasteiger partial charge in [-0.05, 0) is 41.5 Å². The lowest BCUT2D eigenvalue weighted by atomic mass is 10.2. The second-order valence-electron chi connectivity index (χ2n) is 4.61. The Kier molecular flexibility index (Phi) is 5.76. The zero-order valence-corrected chi connectivity index (χ0v) is 13.8. The van der Waals surface area contributed by atoms with Crippen molar-refractivity contribution >= 4 is 28.0 Å². The van der Waals surface area contributed by atoms with Crippen LogP contribution in [0.4, 0.5) is 4.39 Å². The molecule has 4 nitrogen and oxygen atoms in total. The maximum absolute atomic E-state index is 12.9. The first kappa shape index (κ1) is 17.0. The van der Waals surface area contributed by atoms with E-state index in [9.17, 15) is 9.18 Å². The van der Waals surface area contributed by atoms with E-state index in [-0.39, 0.29) is 12.4 Å². The molecule has 1 N–H and O–H groups in total. The van der Waals surface area contributed by atoms with E-state index in [1.807, 2.05) is 0 Å². The van der Waals surface area contributed by atoms with E-state index in [4.69, 9.17) is 14.6 Å². The summed E-state index contributed by atoms with van der Waals surface area (Å²) in [7, 11) is 1.50. The average molecular weight is 381 g/mol. The number of hydrogen-bond acceptors (Lipinski definition) is 3. The van der Waals surface area contributed by atoms with Crippen LogP contribution < -0.4 is 9.47 Å². The molecule has 0 unspecified atom stereocenters. The summed E-state index contributed by atoms with van der Waals surface area (Å²) in [6.45, 7) is 0.257. The lowest BCUT2D eigenvalue weighted by Crippen LogP contribution is -1.98. The lowest BCUT2D eigenvalue weighted by molar-refractivity contribution is -0.131. The molecule has 0 amide bonds. The van der Waals surface area contributed by atoms with Crippen molar-refractivity contribution in [2.75, 3.05) is 7.11 Å². The molecule has 23 heavy (non-hydrogen) atoms. The van der Waals surface area contributed by atoms with Crippen molar-refractivity contribution in [2.45, 2.75) is 6.61 Å². The largest absolute Gasteiger partial charge is 0.493 e. The number of carbonyl (C=O) groups is 1. The summed E-state index contributed by atoms with van der Waals surface area (Å²) in [5, 5.41) is 8.69. The van der Waals surface area contributed by atoms with Crippen molar-refractivity contribution in [3.05, 3.63) is 63.9 Å². The Morgan fingerprint density at radius 1 is 1.26 bits per heavy atom. The molecule has 0 saturated heterocycles. The number of ether oxygens (including phenoxy) is 2. The minimum absolute atomic E-state index is 0.257. The van der Waals surface area contributed by atoms with Gasteiger partial charge in [-0.3, -0.25) is 0 Å². The number of aliphatic carboxylic acids is 1. The summed E-state index contributed by atoms with van der Waals surface area (Å²) >= 11 is 3.37. The standard InChI is InChI=1S/C17H14BrFO4/c1-22-15-8-12(4-7-17(20)21)14(18)9-16(15)23-10-11-2-5-13(19)6-3-11/h2-9H,10H2,1H3,(H,20,21). The molecule has 0 spiro atoms. The van der Waals surface area contributed by atoms with Crippen LogP contribution in [-0.4, -0.2) is 18.2 Å². The second kappa shape index (κ2) is 7.78. The predicted molar refractivity (Wildman–Crippen MR) is 88.1 cm³/mol. The van der Waals surface area contributed by atoms with Crippen LogP contribution in [0.15, 0.2) is 46.9 Å². The SMILES string of the molecule is COc1cc(C=CC(=O)O)c(Br)cc1OCc1ccc(F)cc1. The molecule has 2 aromatic rings. The summed E-state index contributed by atoms with van der Waals surface area (Å²) in [4.78, 5) is 10.6. The first-order chi connectivity index (χ1) is 11.0. The van der Waals surface area contributed by atoms with Crippen molar-refractivity contribution in [3.63, 3.8) is 0 Å². The van der Waals surface area contributed by atoms with Gasteiger partial charge in [0.2, 0.25) is 0 Å². The van der Waals surface area contributed by atoms with E-state index < -0.39 is 5.97 Å². The monoisotopic (exact) mass is 380 g/mol. The number of hydrogen-bond donors (Lipinski definition) is 1. The van der Waals surface area contributed by atoms with E-state index in [1.165, 1.54) is 25.3 Å². The molecule has 0 aliphatic rings. The van der Waals surface area contributed by atoms with E-state index in [0.717, 1.165) is 11.6 Å². The summed E-state index contributed by atoms with van der Waals surface area (Å²) in [6, 6.07) is 9.38. The van der Waals surface area contributed by atoms with Gasteiger partial charge in [0.25, 0.3) is 0 Å². The highest BCUT2D eigenvalue weighted by molar-refractivity contribution is 9.10. The molecular formula is C17H14BrFO4. The number of halogens is 2. The molecule has 0 radical (unpaired) electrons. The topological polar surface area (TPSA) is 55.8 Å². The number of carboxylic acid groups (broad SMARTS) is 1. The summed E-state index contributed by atoms with van der Waals surface area (Å²) in [6.07, 6.45) is 2.50. The highest BCUT2D eigenvalue weighted by Gasteiger charge is 2.09. The summed E-state index contributed by atoms with van der Waals surface area (Å²) in [5.74, 6) is -0.368. The van der Waals surface area contributed by atoms with Crippen LogP contribution in [0.1, 0.15) is 11.1 Å². The van der Waals surface area contributed by atoms with Crippen molar-refractivity contribution in [1.82, 2.24) is 0 Å². The Balaban J connectivity index is 2.19. The van der Waals surface area contributed by atoms with Gasteiger partial charge in [0.05, 0.1) is 7.11 Å². The van der Waals surface area contributed by atoms with Gasteiger partial charge in [0.15, 0.2) is 11.5 Å². The quantitative estimate of drug-likeness (QED) is 0.760. The number of benzene rings is 2. The molecule has 6 heteroatoms. The van der Waals surface area contributed by atoms with Crippen molar-refractivity contribution in [1.29, 1.82) is 0 Å². The van der Waals surface area contributed by atoms with E-state index >= 15 is 0 Å². The van der Waals surface area contributed by atoms with E-state index in [2.05, 4.69) is 15.9 Å². The van der Waals surface area contributed by atoms with Gasteiger partial charge in [0.1, 0.15) is 12.4 Å². The van der Waals surface area contributed by atoms with Crippen molar-refractivity contribution in [2.24, 2.45) is 0 Å². The molecule has 0 saturated carbocycles. The molecule has 0 aliphatic carbocycles. The molecule has 2 aromatic carbocycles. The first-order valence-electron chi connectivity index (χ1n) is 6.65. The Labute approximate surface area is 141 Å². The molecule has 0 fully saturated rings. The molecule has 0 atom stereocenters. The fourth-order valence-corrected chi connectivity index (χ4v) is 2.31.